The molecule has 0 fully saturated rings. The van der Waals surface area contributed by atoms with Crippen LogP contribution < -0.4 is 10.1 Å². The van der Waals surface area contributed by atoms with Gasteiger partial charge in [-0.2, -0.15) is 4.68 Å². The number of phenols is 1. The first-order valence-electron chi connectivity index (χ1n) is 9.39. The number of allylic oxidation sites excluding steroid dienone is 1. The van der Waals surface area contributed by atoms with Crippen LogP contribution in [0.2, 0.25) is 0 Å². The zero-order chi connectivity index (χ0) is 23.7. The van der Waals surface area contributed by atoms with E-state index in [0.717, 1.165) is 7.11 Å². The summed E-state index contributed by atoms with van der Waals surface area (Å²) in [5.74, 6) is -1.39. The first kappa shape index (κ1) is 21.4. The highest BCUT2D eigenvalue weighted by molar-refractivity contribution is 6.15. The lowest BCUT2D eigenvalue weighted by molar-refractivity contribution is -0.384. The number of methoxy groups -OCH3 is 2. The number of hydrogen-bond donors (Lipinski definition) is 2. The second kappa shape index (κ2) is 8.37. The SMILES string of the molecule is COC(=O)C1=C(C(=O)c2ccc([N+](=O)[O-])cc2)[C@H](c2ccc(O)c(OC)c2)n2nnnc2N1. The van der Waals surface area contributed by atoms with Crippen molar-refractivity contribution in [1.82, 2.24) is 20.2 Å². The number of Topliss-reactive ketones (excluding diaryl/α,β-unsaturated/α-hetero) is 1. The average Bonchev–Trinajstić information content (AvgIpc) is 3.30. The fourth-order valence-electron chi connectivity index (χ4n) is 3.45. The molecule has 0 aliphatic carbocycles. The largest absolute Gasteiger partial charge is 0.504 e. The number of carbonyl (C=O) groups is 2. The van der Waals surface area contributed by atoms with Gasteiger partial charge in [0, 0.05) is 17.7 Å². The molecule has 33 heavy (non-hydrogen) atoms. The number of phenolic OH excluding ortho intramolecular Hbond substituents is 1. The molecule has 4 rings (SSSR count). The molecule has 0 bridgehead atoms. The number of nitro groups is 1. The van der Waals surface area contributed by atoms with Crippen molar-refractivity contribution in [2.24, 2.45) is 0 Å². The van der Waals surface area contributed by atoms with Gasteiger partial charge in [-0.05, 0) is 40.3 Å². The Labute approximate surface area is 185 Å². The number of hydrogen-bond acceptors (Lipinski definition) is 11. The maximum Gasteiger partial charge on any atom is 0.355 e. The molecule has 0 unspecified atom stereocenters. The molecule has 1 aliphatic rings. The summed E-state index contributed by atoms with van der Waals surface area (Å²) in [6.45, 7) is 0. The number of non-ortho nitro benzene ring substituents is 1. The lowest BCUT2D eigenvalue weighted by atomic mass is 9.89. The van der Waals surface area contributed by atoms with E-state index in [9.17, 15) is 24.8 Å². The first-order valence-corrected chi connectivity index (χ1v) is 9.39. The fraction of sp³-hybridized carbons (Fsp3) is 0.150. The smallest absolute Gasteiger partial charge is 0.355 e. The summed E-state index contributed by atoms with van der Waals surface area (Å²) in [5, 5.41) is 35.1. The van der Waals surface area contributed by atoms with Crippen molar-refractivity contribution in [1.29, 1.82) is 0 Å². The van der Waals surface area contributed by atoms with Crippen LogP contribution in [0.15, 0.2) is 53.7 Å². The van der Waals surface area contributed by atoms with Crippen LogP contribution in [-0.4, -0.2) is 56.2 Å². The van der Waals surface area contributed by atoms with Gasteiger partial charge in [-0.25, -0.2) is 4.79 Å². The molecular weight excluding hydrogens is 436 g/mol. The van der Waals surface area contributed by atoms with Gasteiger partial charge in [0.1, 0.15) is 11.7 Å². The number of carbonyl (C=O) groups excluding carboxylic acids is 2. The Morgan fingerprint density at radius 1 is 1.18 bits per heavy atom. The number of aromatic hydroxyl groups is 1. The van der Waals surface area contributed by atoms with Gasteiger partial charge in [0.25, 0.3) is 5.69 Å². The van der Waals surface area contributed by atoms with Crippen molar-refractivity contribution in [3.63, 3.8) is 0 Å². The van der Waals surface area contributed by atoms with E-state index >= 15 is 0 Å². The highest BCUT2D eigenvalue weighted by Crippen LogP contribution is 2.39. The van der Waals surface area contributed by atoms with Gasteiger partial charge in [-0.3, -0.25) is 14.9 Å². The molecule has 2 heterocycles. The van der Waals surface area contributed by atoms with Gasteiger partial charge in [-0.15, -0.1) is 0 Å². The summed E-state index contributed by atoms with van der Waals surface area (Å²) < 4.78 is 11.3. The minimum Gasteiger partial charge on any atom is -0.504 e. The Bertz CT molecular complexity index is 1300. The lowest BCUT2D eigenvalue weighted by Gasteiger charge is -2.28. The number of nitro benzene ring substituents is 1. The molecule has 13 heteroatoms. The van der Waals surface area contributed by atoms with Crippen LogP contribution in [-0.2, 0) is 9.53 Å². The summed E-state index contributed by atoms with van der Waals surface area (Å²) >= 11 is 0. The monoisotopic (exact) mass is 452 g/mol. The molecule has 0 amide bonds. The number of tetrazole rings is 1. The van der Waals surface area contributed by atoms with E-state index in [-0.39, 0.29) is 40.0 Å². The molecule has 0 radical (unpaired) electrons. The highest BCUT2D eigenvalue weighted by atomic mass is 16.6. The van der Waals surface area contributed by atoms with E-state index in [0.29, 0.717) is 5.56 Å². The third kappa shape index (κ3) is 3.71. The van der Waals surface area contributed by atoms with E-state index in [4.69, 9.17) is 9.47 Å². The van der Waals surface area contributed by atoms with E-state index in [1.165, 1.54) is 54.3 Å². The number of esters is 1. The molecule has 13 nitrogen and oxygen atoms in total. The van der Waals surface area contributed by atoms with Crippen LogP contribution in [0.25, 0.3) is 0 Å². The Balaban J connectivity index is 1.93. The summed E-state index contributed by atoms with van der Waals surface area (Å²) in [5.41, 5.74) is 0.0546. The minimum absolute atomic E-state index is 0.0664. The second-order valence-corrected chi connectivity index (χ2v) is 6.82. The van der Waals surface area contributed by atoms with Crippen LogP contribution in [0.1, 0.15) is 22.0 Å². The number of ketones is 1. The zero-order valence-corrected chi connectivity index (χ0v) is 17.3. The van der Waals surface area contributed by atoms with Gasteiger partial charge >= 0.3 is 5.97 Å². The molecule has 2 N–H and O–H groups in total. The first-order chi connectivity index (χ1) is 15.8. The average molecular weight is 452 g/mol. The number of benzene rings is 2. The third-order valence-corrected chi connectivity index (χ3v) is 5.01. The number of nitrogens with one attached hydrogen (secondary N) is 1. The van der Waals surface area contributed by atoms with Crippen LogP contribution in [0, 0.1) is 10.1 Å². The lowest BCUT2D eigenvalue weighted by Crippen LogP contribution is -2.33. The Morgan fingerprint density at radius 3 is 2.55 bits per heavy atom. The van der Waals surface area contributed by atoms with Crippen LogP contribution >= 0.6 is 0 Å². The Morgan fingerprint density at radius 2 is 1.91 bits per heavy atom. The van der Waals surface area contributed by atoms with E-state index in [1.54, 1.807) is 0 Å². The highest BCUT2D eigenvalue weighted by Gasteiger charge is 2.39. The van der Waals surface area contributed by atoms with Crippen molar-refractivity contribution in [2.75, 3.05) is 19.5 Å². The van der Waals surface area contributed by atoms with E-state index in [1.807, 2.05) is 0 Å². The third-order valence-electron chi connectivity index (χ3n) is 5.01. The van der Waals surface area contributed by atoms with Crippen LogP contribution in [0.3, 0.4) is 0 Å². The van der Waals surface area contributed by atoms with Crippen molar-refractivity contribution < 1.29 is 29.1 Å². The normalized spacial score (nSPS) is 14.8. The predicted octanol–water partition coefficient (Wildman–Crippen LogP) is 1.62. The van der Waals surface area contributed by atoms with Crippen LogP contribution in [0.5, 0.6) is 11.5 Å². The molecule has 0 saturated heterocycles. The van der Waals surface area contributed by atoms with Gasteiger partial charge in [-0.1, -0.05) is 11.2 Å². The molecule has 0 spiro atoms. The maximum absolute atomic E-state index is 13.6. The van der Waals surface area contributed by atoms with E-state index < -0.39 is 22.7 Å². The molecule has 1 atom stereocenters. The van der Waals surface area contributed by atoms with E-state index in [2.05, 4.69) is 20.8 Å². The topological polar surface area (TPSA) is 172 Å². The standard InChI is InChI=1S/C20H16N6O7/c1-32-14-9-11(5-8-13(14)27)17-15(18(28)10-3-6-12(7-4-10)26(30)31)16(19(29)33-2)21-20-22-23-24-25(17)20/h3-9,17,27H,1-2H3,(H,21,22,24)/t17-/m0/s1. The van der Waals surface area contributed by atoms with Gasteiger partial charge in [0.2, 0.25) is 5.95 Å². The summed E-state index contributed by atoms with van der Waals surface area (Å²) in [6, 6.07) is 8.30. The molecule has 2 aromatic carbocycles. The molecular formula is C20H16N6O7. The fourth-order valence-corrected chi connectivity index (χ4v) is 3.45. The van der Waals surface area contributed by atoms with Crippen LogP contribution in [0.4, 0.5) is 11.6 Å². The quantitative estimate of drug-likeness (QED) is 0.241. The number of aromatic nitrogens is 4. The van der Waals surface area contributed by atoms with Gasteiger partial charge < -0.3 is 19.9 Å². The van der Waals surface area contributed by atoms with Crippen molar-refractivity contribution >= 4 is 23.4 Å². The summed E-state index contributed by atoms with van der Waals surface area (Å²) in [4.78, 5) is 36.6. The minimum atomic E-state index is -1.01. The van der Waals surface area contributed by atoms with Gasteiger partial charge in [0.15, 0.2) is 17.3 Å². The number of anilines is 1. The van der Waals surface area contributed by atoms with Gasteiger partial charge in [0.05, 0.1) is 24.7 Å². The maximum atomic E-state index is 13.6. The Kier molecular flexibility index (Phi) is 5.44. The van der Waals surface area contributed by atoms with Crippen molar-refractivity contribution in [3.8, 4) is 11.5 Å². The predicted molar refractivity (Wildman–Crippen MR) is 111 cm³/mol. The summed E-state index contributed by atoms with van der Waals surface area (Å²) in [6.07, 6.45) is 0. The molecule has 1 aliphatic heterocycles. The number of ether oxygens (including phenoxy) is 2. The summed E-state index contributed by atoms with van der Waals surface area (Å²) in [7, 11) is 2.52. The van der Waals surface area contributed by atoms with Crippen molar-refractivity contribution in [2.45, 2.75) is 6.04 Å². The van der Waals surface area contributed by atoms with Crippen molar-refractivity contribution in [3.05, 3.63) is 75.0 Å². The second-order valence-electron chi connectivity index (χ2n) is 6.82. The number of fused-ring (bicyclic) bond motifs is 1. The Hall–Kier alpha value is -4.81. The molecule has 1 aromatic heterocycles. The zero-order valence-electron chi connectivity index (χ0n) is 17.3. The molecule has 3 aromatic rings. The molecule has 0 saturated carbocycles. The number of rotatable bonds is 6. The molecule has 168 valence electrons. The number of nitrogens with zero attached hydrogens (tertiary/aromatic N) is 5.